The van der Waals surface area contributed by atoms with Crippen LogP contribution in [-0.2, 0) is 18.9 Å². The van der Waals surface area contributed by atoms with Crippen molar-refractivity contribution in [3.05, 3.63) is 0 Å². The van der Waals surface area contributed by atoms with Crippen LogP contribution < -0.4 is 0 Å². The van der Waals surface area contributed by atoms with Gasteiger partial charge in [0.05, 0.1) is 52.9 Å². The maximum Gasteiger partial charge on any atom is 0.0594 e. The maximum absolute atomic E-state index is 6.05. The Morgan fingerprint density at radius 3 is 0.750 bits per heavy atom. The van der Waals surface area contributed by atoms with E-state index in [2.05, 4.69) is 33.4 Å². The smallest absolute Gasteiger partial charge is 0.0594 e. The molecular weight excluding hydrogens is 408 g/mol. The SMILES string of the molecule is CC1CN2CCOCCN(CCOCC2)CC(C)CN2CCOCCN(CCOCC2)C1. The molecule has 0 aromatic heterocycles. The zero-order valence-electron chi connectivity index (χ0n) is 20.7. The fourth-order valence-electron chi connectivity index (χ4n) is 5.01. The van der Waals surface area contributed by atoms with Gasteiger partial charge >= 0.3 is 0 Å². The quantitative estimate of drug-likeness (QED) is 0.525. The first kappa shape index (κ1) is 26.3. The molecule has 6 fully saturated rings. The van der Waals surface area contributed by atoms with Gasteiger partial charge in [0, 0.05) is 78.5 Å². The van der Waals surface area contributed by atoms with Gasteiger partial charge in [-0.05, 0) is 11.8 Å². The Hall–Kier alpha value is -0.320. The van der Waals surface area contributed by atoms with Crippen LogP contribution in [0.1, 0.15) is 13.8 Å². The van der Waals surface area contributed by atoms with E-state index >= 15 is 0 Å². The van der Waals surface area contributed by atoms with E-state index in [1.54, 1.807) is 0 Å². The van der Waals surface area contributed by atoms with E-state index in [0.717, 1.165) is 131 Å². The lowest BCUT2D eigenvalue weighted by Gasteiger charge is -2.33. The number of nitrogens with zero attached hydrogens (tertiary/aromatic N) is 4. The van der Waals surface area contributed by atoms with Gasteiger partial charge in [0.25, 0.3) is 0 Å². The van der Waals surface area contributed by atoms with E-state index in [1.807, 2.05) is 0 Å². The Morgan fingerprint density at radius 2 is 0.562 bits per heavy atom. The Morgan fingerprint density at radius 1 is 0.375 bits per heavy atom. The molecule has 4 bridgehead atoms. The summed E-state index contributed by atoms with van der Waals surface area (Å²) in [7, 11) is 0. The van der Waals surface area contributed by atoms with E-state index in [0.29, 0.717) is 11.8 Å². The monoisotopic (exact) mass is 456 g/mol. The number of hydrogen-bond acceptors (Lipinski definition) is 8. The average Bonchev–Trinajstić information content (AvgIpc) is 2.74. The Labute approximate surface area is 196 Å². The predicted octanol–water partition coefficient (Wildman–Crippen LogP) is 0.574. The van der Waals surface area contributed by atoms with Crippen LogP contribution in [0.15, 0.2) is 0 Å². The van der Waals surface area contributed by atoms with Gasteiger partial charge in [0.15, 0.2) is 0 Å². The lowest BCUT2D eigenvalue weighted by molar-refractivity contribution is 0.0145. The summed E-state index contributed by atoms with van der Waals surface area (Å²) in [6, 6.07) is 0. The van der Waals surface area contributed by atoms with Gasteiger partial charge in [0.1, 0.15) is 0 Å². The minimum Gasteiger partial charge on any atom is -0.379 e. The van der Waals surface area contributed by atoms with E-state index in [9.17, 15) is 0 Å². The summed E-state index contributed by atoms with van der Waals surface area (Å²) in [6.45, 7) is 23.2. The highest BCUT2D eigenvalue weighted by Gasteiger charge is 2.18. The highest BCUT2D eigenvalue weighted by Crippen LogP contribution is 2.08. The van der Waals surface area contributed by atoms with Crippen LogP contribution in [0, 0.1) is 11.8 Å². The second kappa shape index (κ2) is 15.6. The molecule has 6 aliphatic heterocycles. The minimum atomic E-state index is 0.578. The summed E-state index contributed by atoms with van der Waals surface area (Å²) < 4.78 is 24.2. The van der Waals surface area contributed by atoms with Crippen LogP contribution in [0.3, 0.4) is 0 Å². The minimum absolute atomic E-state index is 0.578. The molecule has 0 aliphatic carbocycles. The first-order chi connectivity index (χ1) is 15.7. The third kappa shape index (κ3) is 10.7. The summed E-state index contributed by atoms with van der Waals surface area (Å²) in [5.74, 6) is 1.16. The van der Waals surface area contributed by atoms with Crippen molar-refractivity contribution < 1.29 is 18.9 Å². The van der Waals surface area contributed by atoms with Crippen molar-refractivity contribution in [1.29, 1.82) is 0 Å². The molecule has 8 heteroatoms. The molecule has 0 atom stereocenters. The Kier molecular flexibility index (Phi) is 12.8. The van der Waals surface area contributed by atoms with Crippen LogP contribution in [-0.4, -0.2) is 151 Å². The van der Waals surface area contributed by atoms with Crippen molar-refractivity contribution in [2.24, 2.45) is 11.8 Å². The van der Waals surface area contributed by atoms with E-state index in [-0.39, 0.29) is 0 Å². The van der Waals surface area contributed by atoms with Crippen molar-refractivity contribution in [1.82, 2.24) is 19.6 Å². The highest BCUT2D eigenvalue weighted by atomic mass is 16.5. The Balaban J connectivity index is 1.69. The molecule has 0 spiro atoms. The average molecular weight is 457 g/mol. The van der Waals surface area contributed by atoms with Crippen LogP contribution in [0.25, 0.3) is 0 Å². The fraction of sp³-hybridized carbons (Fsp3) is 1.00. The third-order valence-electron chi connectivity index (χ3n) is 6.69. The predicted molar refractivity (Wildman–Crippen MR) is 127 cm³/mol. The van der Waals surface area contributed by atoms with Crippen LogP contribution in [0.5, 0.6) is 0 Å². The Bertz CT molecular complexity index is 381. The largest absolute Gasteiger partial charge is 0.379 e. The summed E-state index contributed by atoms with van der Waals surface area (Å²) >= 11 is 0. The molecule has 32 heavy (non-hydrogen) atoms. The second-order valence-corrected chi connectivity index (χ2v) is 9.86. The molecule has 0 N–H and O–H groups in total. The molecule has 0 saturated carbocycles. The molecule has 0 aromatic carbocycles. The van der Waals surface area contributed by atoms with E-state index in [4.69, 9.17) is 18.9 Å². The van der Waals surface area contributed by atoms with Crippen LogP contribution in [0.4, 0.5) is 0 Å². The van der Waals surface area contributed by atoms with Crippen molar-refractivity contribution >= 4 is 0 Å². The van der Waals surface area contributed by atoms with Crippen molar-refractivity contribution in [2.45, 2.75) is 13.8 Å². The zero-order chi connectivity index (χ0) is 22.4. The normalized spacial score (nSPS) is 38.4. The lowest BCUT2D eigenvalue weighted by atomic mass is 10.1. The molecule has 6 aliphatic rings. The molecule has 188 valence electrons. The zero-order valence-corrected chi connectivity index (χ0v) is 20.7. The van der Waals surface area contributed by atoms with Gasteiger partial charge in [-0.3, -0.25) is 19.6 Å². The molecule has 0 unspecified atom stereocenters. The molecule has 8 nitrogen and oxygen atoms in total. The molecule has 6 heterocycles. The van der Waals surface area contributed by atoms with Crippen molar-refractivity contribution in [2.75, 3.05) is 131 Å². The van der Waals surface area contributed by atoms with Gasteiger partial charge in [-0.2, -0.15) is 0 Å². The topological polar surface area (TPSA) is 49.9 Å². The van der Waals surface area contributed by atoms with Gasteiger partial charge in [-0.15, -0.1) is 0 Å². The van der Waals surface area contributed by atoms with Gasteiger partial charge in [-0.25, -0.2) is 0 Å². The molecule has 6 saturated heterocycles. The molecule has 0 aromatic rings. The standard InChI is InChI=1S/C24H48N4O4/c1-23-19-25-3-11-29-15-7-27(8-16-30-12-4-25)21-24(2)22-28-9-17-31-13-5-26(20-23)6-14-32-18-10-28/h23-24H,3-22H2,1-2H3. The molecule has 0 amide bonds. The van der Waals surface area contributed by atoms with E-state index in [1.165, 1.54) is 0 Å². The molecule has 6 rings (SSSR count). The maximum atomic E-state index is 6.05. The molecule has 0 radical (unpaired) electrons. The van der Waals surface area contributed by atoms with Crippen LogP contribution >= 0.6 is 0 Å². The van der Waals surface area contributed by atoms with Gasteiger partial charge < -0.3 is 18.9 Å². The van der Waals surface area contributed by atoms with Gasteiger partial charge in [0.2, 0.25) is 0 Å². The van der Waals surface area contributed by atoms with Crippen molar-refractivity contribution in [3.63, 3.8) is 0 Å². The van der Waals surface area contributed by atoms with Crippen molar-refractivity contribution in [3.8, 4) is 0 Å². The number of hydrogen-bond donors (Lipinski definition) is 0. The fourth-order valence-corrected chi connectivity index (χ4v) is 5.01. The lowest BCUT2D eigenvalue weighted by Crippen LogP contribution is -2.44. The number of rotatable bonds is 0. The summed E-state index contributed by atoms with van der Waals surface area (Å²) in [6.07, 6.45) is 0. The number of ether oxygens (including phenoxy) is 4. The highest BCUT2D eigenvalue weighted by molar-refractivity contribution is 4.72. The van der Waals surface area contributed by atoms with Gasteiger partial charge in [-0.1, -0.05) is 13.8 Å². The molecular formula is C24H48N4O4. The van der Waals surface area contributed by atoms with Crippen LogP contribution in [0.2, 0.25) is 0 Å². The third-order valence-corrected chi connectivity index (χ3v) is 6.69. The van der Waals surface area contributed by atoms with E-state index < -0.39 is 0 Å². The second-order valence-electron chi connectivity index (χ2n) is 9.86. The first-order valence-electron chi connectivity index (χ1n) is 12.9. The summed E-state index contributed by atoms with van der Waals surface area (Å²) in [5.41, 5.74) is 0. The summed E-state index contributed by atoms with van der Waals surface area (Å²) in [5, 5.41) is 0. The summed E-state index contributed by atoms with van der Waals surface area (Å²) in [4.78, 5) is 10.1. The first-order valence-corrected chi connectivity index (χ1v) is 12.9.